The smallest absolute Gasteiger partial charge is 0.282 e. The highest BCUT2D eigenvalue weighted by Gasteiger charge is 2.24. The molecule has 2 atom stereocenters. The first-order valence-electron chi connectivity index (χ1n) is 6.07. The van der Waals surface area contributed by atoms with Gasteiger partial charge >= 0.3 is 0 Å². The zero-order valence-electron chi connectivity index (χ0n) is 10.2. The average Bonchev–Trinajstić information content (AvgIpc) is 2.88. The molecule has 2 N–H and O–H groups in total. The maximum Gasteiger partial charge on any atom is 0.282 e. The van der Waals surface area contributed by atoms with E-state index in [4.69, 9.17) is 0 Å². The summed E-state index contributed by atoms with van der Waals surface area (Å²) in [5.74, 6) is 0.623. The Labute approximate surface area is 105 Å². The molecule has 0 bridgehead atoms. The van der Waals surface area contributed by atoms with Crippen molar-refractivity contribution in [3.63, 3.8) is 0 Å². The summed E-state index contributed by atoms with van der Waals surface area (Å²) in [6.45, 7) is 5.00. The van der Waals surface area contributed by atoms with Crippen LogP contribution >= 0.6 is 11.3 Å². The largest absolute Gasteiger partial charge is 0.360 e. The van der Waals surface area contributed by atoms with Gasteiger partial charge in [-0.1, -0.05) is 18.3 Å². The third kappa shape index (κ3) is 3.15. The predicted molar refractivity (Wildman–Crippen MR) is 68.3 cm³/mol. The normalized spacial score (nSPS) is 23.6. The topological polar surface area (TPSA) is 66.9 Å². The van der Waals surface area contributed by atoms with Crippen LogP contribution in [0.1, 0.15) is 42.9 Å². The average molecular weight is 254 g/mol. The van der Waals surface area contributed by atoms with Crippen molar-refractivity contribution in [1.82, 2.24) is 15.5 Å². The Bertz CT molecular complexity index is 393. The molecule has 0 radical (unpaired) electrons. The summed E-state index contributed by atoms with van der Waals surface area (Å²) < 4.78 is 0. The van der Waals surface area contributed by atoms with Gasteiger partial charge in [0.1, 0.15) is 0 Å². The Balaban J connectivity index is 1.90. The maximum absolute atomic E-state index is 11.9. The van der Waals surface area contributed by atoms with E-state index in [1.54, 1.807) is 0 Å². The van der Waals surface area contributed by atoms with Crippen LogP contribution in [0.3, 0.4) is 0 Å². The first-order chi connectivity index (χ1) is 8.19. The second-order valence-electron chi connectivity index (χ2n) is 4.53. The number of amides is 1. The lowest BCUT2D eigenvalue weighted by Gasteiger charge is -2.10. The molecule has 1 aromatic rings. The lowest BCUT2D eigenvalue weighted by Crippen LogP contribution is -2.32. The Hall–Kier alpha value is -1.17. The van der Waals surface area contributed by atoms with E-state index in [9.17, 15) is 4.79 Å². The van der Waals surface area contributed by atoms with Gasteiger partial charge in [-0.05, 0) is 32.1 Å². The number of nitrogens with zero attached hydrogens (tertiary/aromatic N) is 2. The highest BCUT2D eigenvalue weighted by Crippen LogP contribution is 2.25. The maximum atomic E-state index is 11.9. The van der Waals surface area contributed by atoms with Crippen LogP contribution in [0.15, 0.2) is 0 Å². The highest BCUT2D eigenvalue weighted by molar-refractivity contribution is 7.17. The van der Waals surface area contributed by atoms with Crippen molar-refractivity contribution in [1.29, 1.82) is 0 Å². The zero-order chi connectivity index (χ0) is 12.3. The molecule has 0 spiro atoms. The quantitative estimate of drug-likeness (QED) is 0.861. The number of hydrogen-bond acceptors (Lipinski definition) is 5. The fourth-order valence-electron chi connectivity index (χ4n) is 2.12. The van der Waals surface area contributed by atoms with Crippen LogP contribution in [0.25, 0.3) is 0 Å². The van der Waals surface area contributed by atoms with E-state index in [1.807, 2.05) is 6.92 Å². The lowest BCUT2D eigenvalue weighted by molar-refractivity contribution is 0.0936. The van der Waals surface area contributed by atoms with Gasteiger partial charge in [0.25, 0.3) is 5.91 Å². The molecule has 2 rings (SSSR count). The van der Waals surface area contributed by atoms with Crippen molar-refractivity contribution >= 4 is 22.4 Å². The Morgan fingerprint density at radius 1 is 1.47 bits per heavy atom. The summed E-state index contributed by atoms with van der Waals surface area (Å²) in [7, 11) is 0. The van der Waals surface area contributed by atoms with Crippen molar-refractivity contribution in [3.8, 4) is 0 Å². The molecule has 2 unspecified atom stereocenters. The van der Waals surface area contributed by atoms with E-state index < -0.39 is 0 Å². The van der Waals surface area contributed by atoms with Gasteiger partial charge in [0.05, 0.1) is 0 Å². The minimum absolute atomic E-state index is 0.0919. The van der Waals surface area contributed by atoms with Crippen LogP contribution in [-0.4, -0.2) is 28.7 Å². The van der Waals surface area contributed by atoms with Gasteiger partial charge in [-0.3, -0.25) is 4.79 Å². The number of hydrogen-bond donors (Lipinski definition) is 2. The summed E-state index contributed by atoms with van der Waals surface area (Å²) in [4.78, 5) is 11.9. The molecule has 1 aromatic heterocycles. The van der Waals surface area contributed by atoms with Gasteiger partial charge in [0.15, 0.2) is 0 Å². The van der Waals surface area contributed by atoms with Crippen LogP contribution in [0.2, 0.25) is 0 Å². The van der Waals surface area contributed by atoms with Crippen LogP contribution in [0.5, 0.6) is 0 Å². The number of nitrogens with one attached hydrogen (secondary N) is 2. The fraction of sp³-hybridized carbons (Fsp3) is 0.727. The zero-order valence-corrected chi connectivity index (χ0v) is 11.0. The third-order valence-corrected chi connectivity index (χ3v) is 3.86. The summed E-state index contributed by atoms with van der Waals surface area (Å²) >= 11 is 1.30. The number of carbonyl (C=O) groups is 1. The molecule has 0 saturated heterocycles. The highest BCUT2D eigenvalue weighted by atomic mass is 32.1. The summed E-state index contributed by atoms with van der Waals surface area (Å²) in [6.07, 6.45) is 3.35. The first-order valence-corrected chi connectivity index (χ1v) is 6.89. The number of anilines is 1. The van der Waals surface area contributed by atoms with E-state index in [0.29, 0.717) is 22.1 Å². The number of aromatic nitrogens is 2. The SMILES string of the molecule is CCNc1nnc(C(=O)NC2CCC(C)C2)s1. The molecule has 6 heteroatoms. The van der Waals surface area contributed by atoms with E-state index in [0.717, 1.165) is 19.4 Å². The molecule has 1 aliphatic carbocycles. The van der Waals surface area contributed by atoms with E-state index >= 15 is 0 Å². The van der Waals surface area contributed by atoms with E-state index in [2.05, 4.69) is 27.8 Å². The van der Waals surface area contributed by atoms with Gasteiger partial charge in [-0.2, -0.15) is 0 Å². The molecule has 0 aromatic carbocycles. The van der Waals surface area contributed by atoms with Crippen molar-refractivity contribution in [3.05, 3.63) is 5.01 Å². The van der Waals surface area contributed by atoms with Crippen LogP contribution in [-0.2, 0) is 0 Å². The predicted octanol–water partition coefficient (Wildman–Crippen LogP) is 1.89. The minimum atomic E-state index is -0.0919. The molecule has 94 valence electrons. The van der Waals surface area contributed by atoms with Gasteiger partial charge in [0, 0.05) is 12.6 Å². The van der Waals surface area contributed by atoms with E-state index in [1.165, 1.54) is 17.8 Å². The standard InChI is InChI=1S/C11H18N4OS/c1-3-12-11-15-14-10(17-11)9(16)13-8-5-4-7(2)6-8/h7-8H,3-6H2,1-2H3,(H,12,15)(H,13,16). The number of rotatable bonds is 4. The minimum Gasteiger partial charge on any atom is -0.360 e. The van der Waals surface area contributed by atoms with Crippen LogP contribution in [0, 0.1) is 5.92 Å². The summed E-state index contributed by atoms with van der Waals surface area (Å²) in [5.41, 5.74) is 0. The fourth-order valence-corrected chi connectivity index (χ4v) is 2.84. The molecular formula is C11H18N4OS. The van der Waals surface area contributed by atoms with Crippen molar-refractivity contribution in [2.45, 2.75) is 39.2 Å². The third-order valence-electron chi connectivity index (χ3n) is 2.98. The molecule has 1 fully saturated rings. The molecule has 1 heterocycles. The van der Waals surface area contributed by atoms with Gasteiger partial charge in [-0.15, -0.1) is 10.2 Å². The van der Waals surface area contributed by atoms with Gasteiger partial charge in [-0.25, -0.2) is 0 Å². The van der Waals surface area contributed by atoms with Crippen LogP contribution in [0.4, 0.5) is 5.13 Å². The molecular weight excluding hydrogens is 236 g/mol. The summed E-state index contributed by atoms with van der Waals surface area (Å²) in [6, 6.07) is 0.309. The second kappa shape index (κ2) is 5.44. The molecule has 0 aliphatic heterocycles. The van der Waals surface area contributed by atoms with Crippen molar-refractivity contribution in [2.24, 2.45) is 5.92 Å². The lowest BCUT2D eigenvalue weighted by atomic mass is 10.1. The molecule has 17 heavy (non-hydrogen) atoms. The van der Waals surface area contributed by atoms with E-state index in [-0.39, 0.29) is 5.91 Å². The van der Waals surface area contributed by atoms with Gasteiger partial charge < -0.3 is 10.6 Å². The Morgan fingerprint density at radius 3 is 2.94 bits per heavy atom. The molecule has 1 amide bonds. The Morgan fingerprint density at radius 2 is 2.29 bits per heavy atom. The molecule has 5 nitrogen and oxygen atoms in total. The Kier molecular flexibility index (Phi) is 3.93. The van der Waals surface area contributed by atoms with Crippen molar-refractivity contribution in [2.75, 3.05) is 11.9 Å². The number of carbonyl (C=O) groups excluding carboxylic acids is 1. The second-order valence-corrected chi connectivity index (χ2v) is 5.51. The van der Waals surface area contributed by atoms with Crippen LogP contribution < -0.4 is 10.6 Å². The van der Waals surface area contributed by atoms with Crippen molar-refractivity contribution < 1.29 is 4.79 Å². The summed E-state index contributed by atoms with van der Waals surface area (Å²) in [5, 5.41) is 15.0. The molecule has 1 saturated carbocycles. The molecule has 1 aliphatic rings. The monoisotopic (exact) mass is 254 g/mol. The van der Waals surface area contributed by atoms with Gasteiger partial charge in [0.2, 0.25) is 10.1 Å². The first kappa shape index (κ1) is 12.3.